The van der Waals surface area contributed by atoms with E-state index in [2.05, 4.69) is 6.92 Å². The zero-order valence-corrected chi connectivity index (χ0v) is 9.46. The summed E-state index contributed by atoms with van der Waals surface area (Å²) >= 11 is 0. The summed E-state index contributed by atoms with van der Waals surface area (Å²) in [5.74, 6) is 0.871. The first kappa shape index (κ1) is 12.0. The first-order valence-corrected chi connectivity index (χ1v) is 6.09. The number of hydrogen-bond donors (Lipinski definition) is 0. The Morgan fingerprint density at radius 3 is 2.50 bits per heavy atom. The van der Waals surface area contributed by atoms with Crippen molar-refractivity contribution in [2.45, 2.75) is 45.4 Å². The molecule has 0 unspecified atom stereocenters. The molecule has 0 aromatic heterocycles. The van der Waals surface area contributed by atoms with E-state index in [0.717, 1.165) is 32.3 Å². The van der Waals surface area contributed by atoms with Crippen molar-refractivity contribution in [2.75, 3.05) is 26.4 Å². The normalized spacial score (nSPS) is 16.9. The summed E-state index contributed by atoms with van der Waals surface area (Å²) in [4.78, 5) is 0. The summed E-state index contributed by atoms with van der Waals surface area (Å²) < 4.78 is 10.6. The van der Waals surface area contributed by atoms with Gasteiger partial charge in [-0.1, -0.05) is 26.2 Å². The Hall–Kier alpha value is -0.0800. The first-order valence-electron chi connectivity index (χ1n) is 6.09. The van der Waals surface area contributed by atoms with E-state index in [-0.39, 0.29) is 0 Å². The molecule has 2 nitrogen and oxygen atoms in total. The largest absolute Gasteiger partial charge is 0.381 e. The fourth-order valence-electron chi connectivity index (χ4n) is 1.61. The third-order valence-electron chi connectivity index (χ3n) is 2.75. The molecule has 0 saturated carbocycles. The summed E-state index contributed by atoms with van der Waals surface area (Å²) in [6.07, 6.45) is 7.71. The Morgan fingerprint density at radius 2 is 1.86 bits per heavy atom. The second kappa shape index (κ2) is 8.25. The minimum Gasteiger partial charge on any atom is -0.381 e. The van der Waals surface area contributed by atoms with Gasteiger partial charge in [-0.25, -0.2) is 0 Å². The van der Waals surface area contributed by atoms with Crippen molar-refractivity contribution in [1.29, 1.82) is 0 Å². The number of hydrogen-bond acceptors (Lipinski definition) is 2. The minimum absolute atomic E-state index is 0.871. The van der Waals surface area contributed by atoms with Crippen LogP contribution in [0.1, 0.15) is 45.4 Å². The molecule has 14 heavy (non-hydrogen) atoms. The van der Waals surface area contributed by atoms with Gasteiger partial charge in [-0.2, -0.15) is 0 Å². The van der Waals surface area contributed by atoms with Crippen molar-refractivity contribution in [2.24, 2.45) is 5.92 Å². The van der Waals surface area contributed by atoms with E-state index < -0.39 is 0 Å². The lowest BCUT2D eigenvalue weighted by molar-refractivity contribution is -0.0366. The van der Waals surface area contributed by atoms with Gasteiger partial charge in [0.1, 0.15) is 0 Å². The molecule has 1 rings (SSSR count). The summed E-state index contributed by atoms with van der Waals surface area (Å²) in [5, 5.41) is 0. The monoisotopic (exact) mass is 200 g/mol. The fourth-order valence-corrected chi connectivity index (χ4v) is 1.61. The summed E-state index contributed by atoms with van der Waals surface area (Å²) in [6.45, 7) is 6.12. The van der Waals surface area contributed by atoms with Crippen LogP contribution in [0, 0.1) is 5.92 Å². The quantitative estimate of drug-likeness (QED) is 0.533. The Labute approximate surface area is 88.0 Å². The highest BCUT2D eigenvalue weighted by Gasteiger charge is 2.16. The predicted octanol–water partition coefficient (Wildman–Crippen LogP) is 3.01. The molecule has 0 radical (unpaired) electrons. The van der Waals surface area contributed by atoms with Gasteiger partial charge in [0.05, 0.1) is 13.2 Å². The maximum atomic E-state index is 5.50. The van der Waals surface area contributed by atoms with Crippen molar-refractivity contribution in [1.82, 2.24) is 0 Å². The highest BCUT2D eigenvalue weighted by atomic mass is 16.5. The maximum Gasteiger partial charge on any atom is 0.0516 e. The Kier molecular flexibility index (Phi) is 7.06. The van der Waals surface area contributed by atoms with Gasteiger partial charge in [-0.15, -0.1) is 0 Å². The molecule has 1 aliphatic rings. The van der Waals surface area contributed by atoms with Crippen LogP contribution in [-0.4, -0.2) is 26.4 Å². The first-order chi connectivity index (χ1) is 6.93. The van der Waals surface area contributed by atoms with E-state index in [1.165, 1.54) is 38.5 Å². The van der Waals surface area contributed by atoms with E-state index in [0.29, 0.717) is 0 Å². The van der Waals surface area contributed by atoms with Crippen LogP contribution in [0.25, 0.3) is 0 Å². The van der Waals surface area contributed by atoms with Crippen molar-refractivity contribution in [3.63, 3.8) is 0 Å². The van der Waals surface area contributed by atoms with Gasteiger partial charge in [-0.05, 0) is 19.3 Å². The van der Waals surface area contributed by atoms with Crippen LogP contribution in [0.15, 0.2) is 0 Å². The van der Waals surface area contributed by atoms with Crippen molar-refractivity contribution >= 4 is 0 Å². The van der Waals surface area contributed by atoms with Crippen LogP contribution in [0.3, 0.4) is 0 Å². The minimum atomic E-state index is 0.871. The van der Waals surface area contributed by atoms with Crippen LogP contribution in [0.5, 0.6) is 0 Å². The van der Waals surface area contributed by atoms with Gasteiger partial charge in [0.15, 0.2) is 0 Å². The predicted molar refractivity (Wildman–Crippen MR) is 58.5 cm³/mol. The molecule has 0 amide bonds. The van der Waals surface area contributed by atoms with E-state index in [4.69, 9.17) is 9.47 Å². The lowest BCUT2D eigenvalue weighted by atomic mass is 10.00. The molecule has 1 fully saturated rings. The third-order valence-corrected chi connectivity index (χ3v) is 2.75. The smallest absolute Gasteiger partial charge is 0.0516 e. The maximum absolute atomic E-state index is 5.50. The van der Waals surface area contributed by atoms with Gasteiger partial charge in [0, 0.05) is 19.1 Å². The molecule has 2 heteroatoms. The second-order valence-electron chi connectivity index (χ2n) is 4.22. The fraction of sp³-hybridized carbons (Fsp3) is 1.00. The summed E-state index contributed by atoms with van der Waals surface area (Å²) in [7, 11) is 0. The van der Waals surface area contributed by atoms with Crippen LogP contribution in [0.2, 0.25) is 0 Å². The lowest BCUT2D eigenvalue weighted by Gasteiger charge is -2.25. The average Bonchev–Trinajstić information content (AvgIpc) is 2.13. The van der Waals surface area contributed by atoms with Crippen LogP contribution >= 0.6 is 0 Å². The lowest BCUT2D eigenvalue weighted by Crippen LogP contribution is -2.27. The van der Waals surface area contributed by atoms with Gasteiger partial charge in [-0.3, -0.25) is 0 Å². The Morgan fingerprint density at radius 1 is 1.07 bits per heavy atom. The van der Waals surface area contributed by atoms with E-state index >= 15 is 0 Å². The van der Waals surface area contributed by atoms with Gasteiger partial charge in [0.25, 0.3) is 0 Å². The van der Waals surface area contributed by atoms with Crippen molar-refractivity contribution in [3.8, 4) is 0 Å². The summed E-state index contributed by atoms with van der Waals surface area (Å²) in [6, 6.07) is 0. The molecule has 0 N–H and O–H groups in total. The zero-order chi connectivity index (χ0) is 10.1. The molecular weight excluding hydrogens is 176 g/mol. The Bertz CT molecular complexity index is 121. The molecule has 0 aromatic carbocycles. The second-order valence-corrected chi connectivity index (χ2v) is 4.22. The topological polar surface area (TPSA) is 18.5 Å². The number of unbranched alkanes of at least 4 members (excludes halogenated alkanes) is 3. The van der Waals surface area contributed by atoms with Gasteiger partial charge in [0.2, 0.25) is 0 Å². The highest BCUT2D eigenvalue weighted by molar-refractivity contribution is 4.64. The van der Waals surface area contributed by atoms with E-state index in [1.54, 1.807) is 0 Å². The van der Waals surface area contributed by atoms with E-state index in [1.807, 2.05) is 0 Å². The Balaban J connectivity index is 1.67. The molecule has 0 aliphatic carbocycles. The molecule has 1 saturated heterocycles. The van der Waals surface area contributed by atoms with Gasteiger partial charge < -0.3 is 9.47 Å². The standard InChI is InChI=1S/C12H24O2/c1-2-3-8-13-9-6-4-5-7-12-10-14-11-12/h12H,2-11H2,1H3. The highest BCUT2D eigenvalue weighted by Crippen LogP contribution is 2.17. The molecule has 0 atom stereocenters. The molecule has 0 spiro atoms. The van der Waals surface area contributed by atoms with Crippen LogP contribution in [-0.2, 0) is 9.47 Å². The number of rotatable bonds is 9. The molecule has 1 heterocycles. The molecule has 84 valence electrons. The number of ether oxygens (including phenoxy) is 2. The van der Waals surface area contributed by atoms with Gasteiger partial charge >= 0.3 is 0 Å². The molecule has 0 bridgehead atoms. The molecular formula is C12H24O2. The van der Waals surface area contributed by atoms with Crippen molar-refractivity contribution in [3.05, 3.63) is 0 Å². The summed E-state index contributed by atoms with van der Waals surface area (Å²) in [5.41, 5.74) is 0. The third kappa shape index (κ3) is 5.61. The van der Waals surface area contributed by atoms with E-state index in [9.17, 15) is 0 Å². The molecule has 0 aromatic rings. The zero-order valence-electron chi connectivity index (χ0n) is 9.46. The SMILES string of the molecule is CCCCOCCCCCC1COC1. The average molecular weight is 200 g/mol. The van der Waals surface area contributed by atoms with Crippen molar-refractivity contribution < 1.29 is 9.47 Å². The van der Waals surface area contributed by atoms with Crippen LogP contribution in [0.4, 0.5) is 0 Å². The molecule has 1 aliphatic heterocycles. The van der Waals surface area contributed by atoms with Crippen LogP contribution < -0.4 is 0 Å².